The minimum atomic E-state index is -0.389. The fourth-order valence-corrected chi connectivity index (χ4v) is 2.27. The summed E-state index contributed by atoms with van der Waals surface area (Å²) in [5, 5.41) is 5.85. The average Bonchev–Trinajstić information content (AvgIpc) is 2.54. The SMILES string of the molecule is CNc1nc(NC(C)C(=O)N2CCCCC2)nc(OC)n1. The van der Waals surface area contributed by atoms with E-state index in [4.69, 9.17) is 4.74 Å². The average molecular weight is 294 g/mol. The molecule has 1 aliphatic rings. The first-order chi connectivity index (χ1) is 10.1. The van der Waals surface area contributed by atoms with Crippen LogP contribution in [0.5, 0.6) is 6.01 Å². The molecule has 0 spiro atoms. The van der Waals surface area contributed by atoms with Crippen LogP contribution in [0.1, 0.15) is 26.2 Å². The van der Waals surface area contributed by atoms with E-state index >= 15 is 0 Å². The van der Waals surface area contributed by atoms with Crippen molar-refractivity contribution in [2.45, 2.75) is 32.2 Å². The van der Waals surface area contributed by atoms with Gasteiger partial charge in [-0.2, -0.15) is 15.0 Å². The fourth-order valence-electron chi connectivity index (χ4n) is 2.27. The molecular weight excluding hydrogens is 272 g/mol. The number of aromatic nitrogens is 3. The summed E-state index contributed by atoms with van der Waals surface area (Å²) in [6.07, 6.45) is 3.34. The third-order valence-corrected chi connectivity index (χ3v) is 3.40. The van der Waals surface area contributed by atoms with Crippen molar-refractivity contribution in [2.75, 3.05) is 37.9 Å². The van der Waals surface area contributed by atoms with Crippen LogP contribution in [0, 0.1) is 0 Å². The number of methoxy groups -OCH3 is 1. The van der Waals surface area contributed by atoms with E-state index < -0.39 is 0 Å². The Morgan fingerprint density at radius 1 is 1.19 bits per heavy atom. The van der Waals surface area contributed by atoms with Gasteiger partial charge < -0.3 is 20.3 Å². The predicted octanol–water partition coefficient (Wildman–Crippen LogP) is 0.735. The third-order valence-electron chi connectivity index (χ3n) is 3.40. The minimum Gasteiger partial charge on any atom is -0.467 e. The van der Waals surface area contributed by atoms with Gasteiger partial charge >= 0.3 is 6.01 Å². The van der Waals surface area contributed by atoms with Crippen molar-refractivity contribution < 1.29 is 9.53 Å². The standard InChI is InChI=1S/C13H22N6O2/c1-9(10(20)19-7-5-4-6-8-19)15-12-16-11(14-2)17-13(18-12)21-3/h9H,4-8H2,1-3H3,(H2,14,15,16,17,18). The molecular formula is C13H22N6O2. The first-order valence-corrected chi connectivity index (χ1v) is 7.17. The second kappa shape index (κ2) is 7.05. The fraction of sp³-hybridized carbons (Fsp3) is 0.692. The van der Waals surface area contributed by atoms with Gasteiger partial charge in [0.1, 0.15) is 6.04 Å². The molecule has 0 bridgehead atoms. The highest BCUT2D eigenvalue weighted by molar-refractivity contribution is 5.83. The van der Waals surface area contributed by atoms with Gasteiger partial charge in [-0.05, 0) is 26.2 Å². The summed E-state index contributed by atoms with van der Waals surface area (Å²) in [5.74, 6) is 0.783. The number of anilines is 2. The lowest BCUT2D eigenvalue weighted by molar-refractivity contribution is -0.132. The van der Waals surface area contributed by atoms with Gasteiger partial charge in [0, 0.05) is 20.1 Å². The first-order valence-electron chi connectivity index (χ1n) is 7.17. The molecule has 0 radical (unpaired) electrons. The zero-order chi connectivity index (χ0) is 15.2. The number of rotatable bonds is 5. The van der Waals surface area contributed by atoms with E-state index in [9.17, 15) is 4.79 Å². The van der Waals surface area contributed by atoms with Gasteiger partial charge in [-0.1, -0.05) is 0 Å². The Labute approximate surface area is 124 Å². The number of nitrogens with one attached hydrogen (secondary N) is 2. The van der Waals surface area contributed by atoms with Crippen molar-refractivity contribution >= 4 is 17.8 Å². The Kier molecular flexibility index (Phi) is 5.13. The molecule has 0 aromatic carbocycles. The van der Waals surface area contributed by atoms with Crippen LogP contribution in [-0.2, 0) is 4.79 Å². The van der Waals surface area contributed by atoms with Crippen LogP contribution < -0.4 is 15.4 Å². The molecule has 116 valence electrons. The lowest BCUT2D eigenvalue weighted by Gasteiger charge is -2.29. The van der Waals surface area contributed by atoms with Crippen molar-refractivity contribution in [3.8, 4) is 6.01 Å². The number of carbonyl (C=O) groups excluding carboxylic acids is 1. The lowest BCUT2D eigenvalue weighted by Crippen LogP contribution is -2.44. The van der Waals surface area contributed by atoms with E-state index in [0.29, 0.717) is 11.9 Å². The summed E-state index contributed by atoms with van der Waals surface area (Å²) < 4.78 is 5.02. The smallest absolute Gasteiger partial charge is 0.322 e. The second-order valence-electron chi connectivity index (χ2n) is 4.97. The summed E-state index contributed by atoms with van der Waals surface area (Å²) in [6, 6.07) is -0.186. The molecule has 2 N–H and O–H groups in total. The molecule has 1 saturated heterocycles. The Bertz CT molecular complexity index is 467. The molecule has 1 fully saturated rings. The highest BCUT2D eigenvalue weighted by atomic mass is 16.5. The van der Waals surface area contributed by atoms with Gasteiger partial charge in [0.25, 0.3) is 0 Å². The molecule has 0 aliphatic carbocycles. The number of nitrogens with zero attached hydrogens (tertiary/aromatic N) is 4. The van der Waals surface area contributed by atoms with Crippen LogP contribution >= 0.6 is 0 Å². The molecule has 1 aromatic heterocycles. The van der Waals surface area contributed by atoms with E-state index in [1.807, 2.05) is 11.8 Å². The van der Waals surface area contributed by atoms with Crippen LogP contribution in [0.2, 0.25) is 0 Å². The Hall–Kier alpha value is -2.12. The quantitative estimate of drug-likeness (QED) is 0.827. The summed E-state index contributed by atoms with van der Waals surface area (Å²) in [7, 11) is 3.20. The molecule has 0 saturated carbocycles. The number of amides is 1. The summed E-state index contributed by atoms with van der Waals surface area (Å²) in [5.41, 5.74) is 0. The van der Waals surface area contributed by atoms with Crippen LogP contribution in [-0.4, -0.2) is 59.0 Å². The van der Waals surface area contributed by atoms with E-state index in [1.165, 1.54) is 13.5 Å². The minimum absolute atomic E-state index is 0.0695. The predicted molar refractivity (Wildman–Crippen MR) is 79.4 cm³/mol. The van der Waals surface area contributed by atoms with Crippen LogP contribution in [0.4, 0.5) is 11.9 Å². The van der Waals surface area contributed by atoms with Gasteiger partial charge in [0.05, 0.1) is 7.11 Å². The normalized spacial score (nSPS) is 16.2. The molecule has 1 amide bonds. The van der Waals surface area contributed by atoms with Gasteiger partial charge in [0.15, 0.2) is 0 Å². The molecule has 8 nitrogen and oxygen atoms in total. The number of hydrogen-bond donors (Lipinski definition) is 2. The van der Waals surface area contributed by atoms with E-state index in [-0.39, 0.29) is 18.0 Å². The lowest BCUT2D eigenvalue weighted by atomic mass is 10.1. The van der Waals surface area contributed by atoms with E-state index in [1.54, 1.807) is 7.05 Å². The molecule has 2 heterocycles. The van der Waals surface area contributed by atoms with Crippen molar-refractivity contribution in [1.29, 1.82) is 0 Å². The maximum atomic E-state index is 12.4. The van der Waals surface area contributed by atoms with Gasteiger partial charge in [-0.3, -0.25) is 4.79 Å². The molecule has 21 heavy (non-hydrogen) atoms. The molecule has 1 aliphatic heterocycles. The van der Waals surface area contributed by atoms with Crippen molar-refractivity contribution in [3.63, 3.8) is 0 Å². The number of piperidine rings is 1. The third kappa shape index (κ3) is 3.93. The largest absolute Gasteiger partial charge is 0.467 e. The monoisotopic (exact) mass is 294 g/mol. The summed E-state index contributed by atoms with van der Waals surface area (Å²) in [4.78, 5) is 26.5. The van der Waals surface area contributed by atoms with Crippen molar-refractivity contribution in [2.24, 2.45) is 0 Å². The maximum Gasteiger partial charge on any atom is 0.322 e. The highest BCUT2D eigenvalue weighted by Crippen LogP contribution is 2.14. The molecule has 1 aromatic rings. The molecule has 8 heteroatoms. The van der Waals surface area contributed by atoms with Crippen LogP contribution in [0.25, 0.3) is 0 Å². The van der Waals surface area contributed by atoms with Crippen LogP contribution in [0.3, 0.4) is 0 Å². The first kappa shape index (κ1) is 15.3. The van der Waals surface area contributed by atoms with Crippen molar-refractivity contribution in [3.05, 3.63) is 0 Å². The maximum absolute atomic E-state index is 12.4. The topological polar surface area (TPSA) is 92.3 Å². The zero-order valence-electron chi connectivity index (χ0n) is 12.7. The number of carbonyl (C=O) groups is 1. The summed E-state index contributed by atoms with van der Waals surface area (Å²) >= 11 is 0. The summed E-state index contributed by atoms with van der Waals surface area (Å²) in [6.45, 7) is 3.46. The number of ether oxygens (including phenoxy) is 1. The Balaban J connectivity index is 2.04. The Morgan fingerprint density at radius 2 is 1.86 bits per heavy atom. The second-order valence-corrected chi connectivity index (χ2v) is 4.97. The molecule has 1 unspecified atom stereocenters. The van der Waals surface area contributed by atoms with Gasteiger partial charge in [0.2, 0.25) is 17.8 Å². The number of hydrogen-bond acceptors (Lipinski definition) is 7. The molecule has 2 rings (SSSR count). The van der Waals surface area contributed by atoms with E-state index in [2.05, 4.69) is 25.6 Å². The highest BCUT2D eigenvalue weighted by Gasteiger charge is 2.23. The van der Waals surface area contributed by atoms with Gasteiger partial charge in [-0.25, -0.2) is 0 Å². The zero-order valence-corrected chi connectivity index (χ0v) is 12.7. The van der Waals surface area contributed by atoms with Crippen molar-refractivity contribution in [1.82, 2.24) is 19.9 Å². The molecule has 1 atom stereocenters. The number of likely N-dealkylation sites (tertiary alicyclic amines) is 1. The van der Waals surface area contributed by atoms with E-state index in [0.717, 1.165) is 25.9 Å². The van der Waals surface area contributed by atoms with Gasteiger partial charge in [-0.15, -0.1) is 0 Å². The van der Waals surface area contributed by atoms with Crippen LogP contribution in [0.15, 0.2) is 0 Å². The Morgan fingerprint density at radius 3 is 2.48 bits per heavy atom.